The summed E-state index contributed by atoms with van der Waals surface area (Å²) in [7, 11) is 0. The van der Waals surface area contributed by atoms with E-state index in [1.807, 2.05) is 0 Å². The molecular weight excluding hydrogens is 183 g/mol. The van der Waals surface area contributed by atoms with Crippen LogP contribution in [0.4, 0.5) is 0 Å². The summed E-state index contributed by atoms with van der Waals surface area (Å²) in [6.45, 7) is 1.33. The number of rotatable bonds is 2. The molecule has 0 saturated carbocycles. The SMILES string of the molecule is C[C@@H](O)[C@H](N)C(=O)O.[GeH4]. The van der Waals surface area contributed by atoms with Gasteiger partial charge in [-0.25, -0.2) is 0 Å². The van der Waals surface area contributed by atoms with E-state index in [9.17, 15) is 4.79 Å². The Morgan fingerprint density at radius 3 is 2.00 bits per heavy atom. The van der Waals surface area contributed by atoms with Gasteiger partial charge in [0, 0.05) is 0 Å². The molecule has 0 aliphatic rings. The third-order valence-electron chi connectivity index (χ3n) is 0.805. The first-order chi connectivity index (χ1) is 3.55. The third kappa shape index (κ3) is 4.44. The molecular formula is C4H13GeNO3. The number of carboxylic acids is 1. The first-order valence-corrected chi connectivity index (χ1v) is 2.22. The van der Waals surface area contributed by atoms with Gasteiger partial charge >= 0.3 is 23.6 Å². The van der Waals surface area contributed by atoms with Gasteiger partial charge in [-0.3, -0.25) is 4.79 Å². The first kappa shape index (κ1) is 11.7. The molecule has 0 unspecified atom stereocenters. The molecule has 0 spiro atoms. The van der Waals surface area contributed by atoms with Gasteiger partial charge in [-0.05, 0) is 6.92 Å². The standard InChI is InChI=1S/C4H9NO3.GeH4/c1-2(6)3(5)4(7)8;/h2-3,6H,5H2,1H3,(H,7,8);1H4/t2-,3+;/m1./s1. The first-order valence-electron chi connectivity index (χ1n) is 2.22. The summed E-state index contributed by atoms with van der Waals surface area (Å²) in [5.41, 5.74) is 4.91. The summed E-state index contributed by atoms with van der Waals surface area (Å²) in [6, 6.07) is -1.16. The molecule has 0 aromatic rings. The molecule has 4 nitrogen and oxygen atoms in total. The topological polar surface area (TPSA) is 83.5 Å². The van der Waals surface area contributed by atoms with Crippen LogP contribution in [0, 0.1) is 0 Å². The Labute approximate surface area is 64.0 Å². The van der Waals surface area contributed by atoms with E-state index in [2.05, 4.69) is 0 Å². The molecule has 0 aliphatic heterocycles. The Morgan fingerprint density at radius 1 is 1.67 bits per heavy atom. The van der Waals surface area contributed by atoms with E-state index in [0.29, 0.717) is 0 Å². The van der Waals surface area contributed by atoms with Crippen LogP contribution in [0.25, 0.3) is 0 Å². The van der Waals surface area contributed by atoms with Crippen molar-refractivity contribution in [2.24, 2.45) is 5.73 Å². The zero-order valence-electron chi connectivity index (χ0n) is 4.53. The van der Waals surface area contributed by atoms with Crippen LogP contribution in [0.2, 0.25) is 0 Å². The summed E-state index contributed by atoms with van der Waals surface area (Å²) in [5, 5.41) is 16.6. The van der Waals surface area contributed by atoms with E-state index in [1.54, 1.807) is 0 Å². The maximum absolute atomic E-state index is 9.86. The fraction of sp³-hybridized carbons (Fsp3) is 0.750. The van der Waals surface area contributed by atoms with Crippen molar-refractivity contribution in [2.45, 2.75) is 19.1 Å². The summed E-state index contributed by atoms with van der Waals surface area (Å²) < 4.78 is 0. The van der Waals surface area contributed by atoms with Crippen LogP contribution < -0.4 is 5.73 Å². The molecule has 0 bridgehead atoms. The Hall–Kier alpha value is -0.0671. The van der Waals surface area contributed by atoms with E-state index in [0.717, 1.165) is 0 Å². The van der Waals surface area contributed by atoms with E-state index >= 15 is 0 Å². The zero-order chi connectivity index (χ0) is 6.73. The van der Waals surface area contributed by atoms with Gasteiger partial charge in [0.15, 0.2) is 0 Å². The van der Waals surface area contributed by atoms with Crippen LogP contribution in [-0.4, -0.2) is 45.9 Å². The molecule has 0 saturated heterocycles. The number of aliphatic hydroxyl groups excluding tert-OH is 1. The predicted molar refractivity (Wildman–Crippen MR) is 38.6 cm³/mol. The average molecular weight is 196 g/mol. The van der Waals surface area contributed by atoms with Crippen LogP contribution >= 0.6 is 0 Å². The maximum atomic E-state index is 9.86. The van der Waals surface area contributed by atoms with E-state index < -0.39 is 18.1 Å². The van der Waals surface area contributed by atoms with Crippen molar-refractivity contribution in [3.63, 3.8) is 0 Å². The van der Waals surface area contributed by atoms with E-state index in [-0.39, 0.29) is 17.6 Å². The molecule has 56 valence electrons. The van der Waals surface area contributed by atoms with Crippen LogP contribution in [0.5, 0.6) is 0 Å². The molecule has 0 heterocycles. The van der Waals surface area contributed by atoms with Gasteiger partial charge in [0.1, 0.15) is 6.04 Å². The summed E-state index contributed by atoms with van der Waals surface area (Å²) in [6.07, 6.45) is -0.979. The van der Waals surface area contributed by atoms with Gasteiger partial charge in [-0.1, -0.05) is 0 Å². The normalized spacial score (nSPS) is 15.4. The number of carbonyl (C=O) groups is 1. The van der Waals surface area contributed by atoms with Crippen LogP contribution in [0.1, 0.15) is 6.92 Å². The molecule has 0 aromatic carbocycles. The molecule has 0 aliphatic carbocycles. The number of hydrogen-bond donors (Lipinski definition) is 3. The fourth-order valence-electron chi connectivity index (χ4n) is 0.206. The monoisotopic (exact) mass is 197 g/mol. The van der Waals surface area contributed by atoms with Crippen LogP contribution in [0.3, 0.4) is 0 Å². The minimum absolute atomic E-state index is 0. The summed E-state index contributed by atoms with van der Waals surface area (Å²) in [5.74, 6) is -1.18. The molecule has 2 atom stereocenters. The fourth-order valence-corrected chi connectivity index (χ4v) is 0.206. The van der Waals surface area contributed by atoms with Crippen LogP contribution in [0.15, 0.2) is 0 Å². The summed E-state index contributed by atoms with van der Waals surface area (Å²) in [4.78, 5) is 9.86. The Balaban J connectivity index is 0. The molecule has 0 radical (unpaired) electrons. The van der Waals surface area contributed by atoms with Crippen molar-refractivity contribution in [3.05, 3.63) is 0 Å². The van der Waals surface area contributed by atoms with E-state index in [1.165, 1.54) is 6.92 Å². The molecule has 9 heavy (non-hydrogen) atoms. The molecule has 0 aromatic heterocycles. The van der Waals surface area contributed by atoms with Gasteiger partial charge in [-0.15, -0.1) is 0 Å². The van der Waals surface area contributed by atoms with Gasteiger partial charge in [0.25, 0.3) is 0 Å². The molecule has 0 rings (SSSR count). The van der Waals surface area contributed by atoms with Crippen molar-refractivity contribution in [1.82, 2.24) is 0 Å². The predicted octanol–water partition coefficient (Wildman–Crippen LogP) is -2.67. The number of hydrogen-bond acceptors (Lipinski definition) is 3. The zero-order valence-corrected chi connectivity index (χ0v) is 4.53. The van der Waals surface area contributed by atoms with Crippen molar-refractivity contribution in [2.75, 3.05) is 0 Å². The summed E-state index contributed by atoms with van der Waals surface area (Å²) >= 11 is 0. The Bertz CT molecular complexity index is 95.8. The number of aliphatic carboxylic acids is 1. The second kappa shape index (κ2) is 4.78. The van der Waals surface area contributed by atoms with Gasteiger partial charge in [0.2, 0.25) is 0 Å². The molecule has 0 fully saturated rings. The Morgan fingerprint density at radius 2 is 2.00 bits per heavy atom. The van der Waals surface area contributed by atoms with E-state index in [4.69, 9.17) is 15.9 Å². The van der Waals surface area contributed by atoms with Crippen molar-refractivity contribution < 1.29 is 15.0 Å². The van der Waals surface area contributed by atoms with Crippen molar-refractivity contribution in [3.8, 4) is 0 Å². The second-order valence-corrected chi connectivity index (χ2v) is 1.60. The minimum atomic E-state index is -1.18. The molecule has 0 amide bonds. The van der Waals surface area contributed by atoms with Gasteiger partial charge < -0.3 is 15.9 Å². The van der Waals surface area contributed by atoms with Crippen LogP contribution in [-0.2, 0) is 4.79 Å². The van der Waals surface area contributed by atoms with Gasteiger partial charge in [-0.2, -0.15) is 0 Å². The number of nitrogens with two attached hydrogens (primary N) is 1. The Kier molecular flexibility index (Phi) is 6.21. The van der Waals surface area contributed by atoms with Crippen molar-refractivity contribution >= 4 is 23.6 Å². The number of aliphatic hydroxyl groups is 1. The van der Waals surface area contributed by atoms with Crippen molar-refractivity contribution in [1.29, 1.82) is 0 Å². The number of carboxylic acid groups (broad SMARTS) is 1. The third-order valence-corrected chi connectivity index (χ3v) is 0.805. The second-order valence-electron chi connectivity index (χ2n) is 1.60. The molecule has 5 heteroatoms. The van der Waals surface area contributed by atoms with Gasteiger partial charge in [0.05, 0.1) is 6.10 Å². The molecule has 4 N–H and O–H groups in total. The quantitative estimate of drug-likeness (QED) is 0.420. The average Bonchev–Trinajstić information content (AvgIpc) is 1.64.